The van der Waals surface area contributed by atoms with Crippen LogP contribution in [-0.4, -0.2) is 29.8 Å². The molecule has 2 N–H and O–H groups in total. The van der Waals surface area contributed by atoms with Crippen LogP contribution in [0.2, 0.25) is 5.15 Å². The maximum absolute atomic E-state index is 13.4. The second-order valence-corrected chi connectivity index (χ2v) is 5.65. The van der Waals surface area contributed by atoms with Crippen LogP contribution in [0.3, 0.4) is 0 Å². The van der Waals surface area contributed by atoms with E-state index in [0.29, 0.717) is 29.1 Å². The van der Waals surface area contributed by atoms with Gasteiger partial charge in [0, 0.05) is 29.9 Å². The molecule has 2 heterocycles. The molecule has 0 radical (unpaired) electrons. The summed E-state index contributed by atoms with van der Waals surface area (Å²) in [5.74, 6) is -0.465. The van der Waals surface area contributed by atoms with Gasteiger partial charge in [-0.25, -0.2) is 9.07 Å². The summed E-state index contributed by atoms with van der Waals surface area (Å²) in [6, 6.07) is 5.49. The lowest BCUT2D eigenvalue weighted by molar-refractivity contribution is 0.211. The molecular formula is C16H16ClFN4O2. The molecule has 0 aliphatic heterocycles. The van der Waals surface area contributed by atoms with E-state index in [0.717, 1.165) is 0 Å². The lowest BCUT2D eigenvalue weighted by Crippen LogP contribution is -2.10. The van der Waals surface area contributed by atoms with Crippen LogP contribution in [0, 0.1) is 5.82 Å². The van der Waals surface area contributed by atoms with E-state index in [1.165, 1.54) is 28.9 Å². The first-order valence-electron chi connectivity index (χ1n) is 7.39. The summed E-state index contributed by atoms with van der Waals surface area (Å²) in [6.07, 6.45) is 2.28. The molecule has 0 amide bonds. The molecule has 1 aromatic carbocycles. The topological polar surface area (TPSA) is 76.1 Å². The van der Waals surface area contributed by atoms with Crippen molar-refractivity contribution >= 4 is 11.6 Å². The van der Waals surface area contributed by atoms with Gasteiger partial charge in [-0.05, 0) is 25.1 Å². The smallest absolute Gasteiger partial charge is 0.151 e. The summed E-state index contributed by atoms with van der Waals surface area (Å²) in [7, 11) is 0. The molecule has 0 aliphatic carbocycles. The minimum Gasteiger partial charge on any atom is -0.392 e. The molecule has 0 spiro atoms. The first kappa shape index (κ1) is 16.6. The van der Waals surface area contributed by atoms with E-state index in [-0.39, 0.29) is 11.8 Å². The molecule has 3 rings (SSSR count). The number of halogens is 2. The summed E-state index contributed by atoms with van der Waals surface area (Å²) in [5, 5.41) is 28.6. The lowest BCUT2D eigenvalue weighted by atomic mass is 10.1. The minimum absolute atomic E-state index is 0.181. The number of rotatable bonds is 5. The summed E-state index contributed by atoms with van der Waals surface area (Å²) in [6.45, 7) is 2.25. The quantitative estimate of drug-likeness (QED) is 0.741. The van der Waals surface area contributed by atoms with Crippen LogP contribution < -0.4 is 0 Å². The van der Waals surface area contributed by atoms with Gasteiger partial charge in [0.1, 0.15) is 11.9 Å². The predicted octanol–water partition coefficient (Wildman–Crippen LogP) is 2.46. The summed E-state index contributed by atoms with van der Waals surface area (Å²) >= 11 is 6.01. The molecule has 24 heavy (non-hydrogen) atoms. The van der Waals surface area contributed by atoms with E-state index in [9.17, 15) is 14.6 Å². The Morgan fingerprint density at radius 1 is 1.33 bits per heavy atom. The van der Waals surface area contributed by atoms with Gasteiger partial charge in [0.15, 0.2) is 5.15 Å². The molecular weight excluding hydrogens is 335 g/mol. The van der Waals surface area contributed by atoms with Crippen molar-refractivity contribution in [1.82, 2.24) is 19.6 Å². The third-order valence-electron chi connectivity index (χ3n) is 3.72. The van der Waals surface area contributed by atoms with Gasteiger partial charge in [-0.3, -0.25) is 4.68 Å². The number of aliphatic hydroxyl groups is 2. The Morgan fingerprint density at radius 2 is 2.12 bits per heavy atom. The number of hydrogen-bond acceptors (Lipinski definition) is 4. The average molecular weight is 351 g/mol. The maximum atomic E-state index is 13.4. The molecule has 1 unspecified atom stereocenters. The van der Waals surface area contributed by atoms with E-state index < -0.39 is 11.9 Å². The van der Waals surface area contributed by atoms with Crippen molar-refractivity contribution in [3.05, 3.63) is 64.5 Å². The van der Waals surface area contributed by atoms with E-state index in [4.69, 9.17) is 11.6 Å². The average Bonchev–Trinajstić information content (AvgIpc) is 3.20. The Balaban J connectivity index is 2.08. The van der Waals surface area contributed by atoms with E-state index in [2.05, 4.69) is 10.2 Å². The Morgan fingerprint density at radius 3 is 2.79 bits per heavy atom. The number of aliphatic hydroxyl groups excluding tert-OH is 2. The van der Waals surface area contributed by atoms with Crippen molar-refractivity contribution in [2.24, 2.45) is 0 Å². The van der Waals surface area contributed by atoms with Gasteiger partial charge in [0.25, 0.3) is 0 Å². The molecule has 0 fully saturated rings. The van der Waals surface area contributed by atoms with E-state index in [1.54, 1.807) is 17.1 Å². The highest BCUT2D eigenvalue weighted by Crippen LogP contribution is 2.28. The predicted molar refractivity (Wildman–Crippen MR) is 86.4 cm³/mol. The Labute approximate surface area is 142 Å². The first-order chi connectivity index (χ1) is 11.5. The number of aryl methyl sites for hydroxylation is 1. The van der Waals surface area contributed by atoms with Gasteiger partial charge in [-0.15, -0.1) is 0 Å². The Bertz CT molecular complexity index is 862. The lowest BCUT2D eigenvalue weighted by Gasteiger charge is -2.14. The molecule has 0 bridgehead atoms. The Kier molecular flexibility index (Phi) is 4.66. The Hall–Kier alpha value is -2.22. The largest absolute Gasteiger partial charge is 0.392 e. The van der Waals surface area contributed by atoms with Crippen molar-refractivity contribution < 1.29 is 14.6 Å². The van der Waals surface area contributed by atoms with Crippen LogP contribution in [0.1, 0.15) is 29.8 Å². The van der Waals surface area contributed by atoms with Gasteiger partial charge >= 0.3 is 0 Å². The van der Waals surface area contributed by atoms with Crippen LogP contribution in [0.4, 0.5) is 4.39 Å². The molecule has 0 saturated carbocycles. The number of nitrogens with zero attached hydrogens (tertiary/aromatic N) is 4. The van der Waals surface area contributed by atoms with Crippen molar-refractivity contribution in [2.75, 3.05) is 0 Å². The monoisotopic (exact) mass is 350 g/mol. The van der Waals surface area contributed by atoms with Gasteiger partial charge in [-0.2, -0.15) is 10.2 Å². The number of benzene rings is 1. The van der Waals surface area contributed by atoms with Crippen LogP contribution in [0.15, 0.2) is 36.7 Å². The zero-order chi connectivity index (χ0) is 17.3. The fourth-order valence-electron chi connectivity index (χ4n) is 2.50. The van der Waals surface area contributed by atoms with Gasteiger partial charge in [0.05, 0.1) is 24.2 Å². The van der Waals surface area contributed by atoms with Crippen molar-refractivity contribution in [3.63, 3.8) is 0 Å². The molecule has 6 nitrogen and oxygen atoms in total. The van der Waals surface area contributed by atoms with Gasteiger partial charge < -0.3 is 10.2 Å². The second-order valence-electron chi connectivity index (χ2n) is 5.27. The van der Waals surface area contributed by atoms with Gasteiger partial charge in [0.2, 0.25) is 0 Å². The van der Waals surface area contributed by atoms with Crippen LogP contribution in [-0.2, 0) is 13.2 Å². The molecule has 126 valence electrons. The second kappa shape index (κ2) is 6.72. The molecule has 8 heteroatoms. The standard InChI is InChI=1S/C16H16ClFN4O2/c1-2-21-8-11(7-19-21)16(24)14-6-15(17)20-22(14)13-4-3-12(18)5-10(13)9-23/h3-8,16,23-24H,2,9H2,1H3. The summed E-state index contributed by atoms with van der Waals surface area (Å²) < 4.78 is 16.5. The molecule has 0 aliphatic rings. The molecule has 1 atom stereocenters. The minimum atomic E-state index is -1.01. The third kappa shape index (κ3) is 3.06. The maximum Gasteiger partial charge on any atom is 0.151 e. The molecule has 2 aromatic heterocycles. The summed E-state index contributed by atoms with van der Waals surface area (Å²) in [4.78, 5) is 0. The fourth-order valence-corrected chi connectivity index (χ4v) is 2.69. The summed E-state index contributed by atoms with van der Waals surface area (Å²) in [5.41, 5.74) is 1.77. The molecule has 0 saturated heterocycles. The zero-order valence-corrected chi connectivity index (χ0v) is 13.7. The van der Waals surface area contributed by atoms with Crippen molar-refractivity contribution in [3.8, 4) is 5.69 Å². The van der Waals surface area contributed by atoms with E-state index in [1.807, 2.05) is 6.92 Å². The number of hydrogen-bond donors (Lipinski definition) is 2. The van der Waals surface area contributed by atoms with Crippen LogP contribution in [0.5, 0.6) is 0 Å². The molecule has 3 aromatic rings. The first-order valence-corrected chi connectivity index (χ1v) is 7.76. The normalized spacial score (nSPS) is 12.5. The highest BCUT2D eigenvalue weighted by Gasteiger charge is 2.21. The van der Waals surface area contributed by atoms with E-state index >= 15 is 0 Å². The van der Waals surface area contributed by atoms with Gasteiger partial charge in [-0.1, -0.05) is 11.6 Å². The highest BCUT2D eigenvalue weighted by molar-refractivity contribution is 6.29. The highest BCUT2D eigenvalue weighted by atomic mass is 35.5. The third-order valence-corrected chi connectivity index (χ3v) is 3.90. The van der Waals surface area contributed by atoms with Crippen LogP contribution >= 0.6 is 11.6 Å². The van der Waals surface area contributed by atoms with Crippen molar-refractivity contribution in [1.29, 1.82) is 0 Å². The zero-order valence-electron chi connectivity index (χ0n) is 12.9. The fraction of sp³-hybridized carbons (Fsp3) is 0.250. The SMILES string of the molecule is CCn1cc(C(O)c2cc(Cl)nn2-c2ccc(F)cc2CO)cn1. The van der Waals surface area contributed by atoms with Crippen molar-refractivity contribution in [2.45, 2.75) is 26.2 Å². The number of aromatic nitrogens is 4. The van der Waals surface area contributed by atoms with Crippen LogP contribution in [0.25, 0.3) is 5.69 Å².